The number of nitrogens with one attached hydrogen (secondary N) is 1. The molecule has 0 atom stereocenters. The van der Waals surface area contributed by atoms with Crippen LogP contribution in [0.4, 0.5) is 5.13 Å². The fraction of sp³-hybridized carbons (Fsp3) is 0.125. The molecule has 0 aliphatic rings. The summed E-state index contributed by atoms with van der Waals surface area (Å²) in [5.74, 6) is -0.335. The maximum absolute atomic E-state index is 12.2. The minimum atomic E-state index is -0.335. The molecule has 2 heterocycles. The zero-order chi connectivity index (χ0) is 17.8. The number of ether oxygens (including phenoxy) is 1. The molecule has 0 saturated heterocycles. The third-order valence-corrected chi connectivity index (χ3v) is 4.86. The Morgan fingerprint density at radius 1 is 1.16 bits per heavy atom. The van der Waals surface area contributed by atoms with E-state index >= 15 is 0 Å². The predicted octanol–water partition coefficient (Wildman–Crippen LogP) is 4.09. The van der Waals surface area contributed by atoms with Crippen molar-refractivity contribution in [2.75, 3.05) is 12.4 Å². The quantitative estimate of drug-likeness (QED) is 0.704. The fourth-order valence-electron chi connectivity index (χ4n) is 2.01. The van der Waals surface area contributed by atoms with Crippen LogP contribution in [0.25, 0.3) is 0 Å². The van der Waals surface area contributed by atoms with Crippen LogP contribution in [0.5, 0.6) is 6.01 Å². The summed E-state index contributed by atoms with van der Waals surface area (Å²) >= 11 is 13.3. The van der Waals surface area contributed by atoms with Crippen LogP contribution >= 0.6 is 34.5 Å². The monoisotopic (exact) mass is 394 g/mol. The number of hydrogen-bond donors (Lipinski definition) is 1. The standard InChI is InChI=1S/C16H12Cl2N4O2S/c1-24-15-19-6-10(7-20-15)14(23)22-16-21-8-11(25-16)4-9-2-3-12(17)13(18)5-9/h2-3,5-8H,4H2,1H3,(H,21,22,23). The summed E-state index contributed by atoms with van der Waals surface area (Å²) in [7, 11) is 1.46. The summed E-state index contributed by atoms with van der Waals surface area (Å²) in [6.07, 6.45) is 5.15. The number of nitrogens with zero attached hydrogens (tertiary/aromatic N) is 3. The summed E-state index contributed by atoms with van der Waals surface area (Å²) in [4.78, 5) is 25.2. The van der Waals surface area contributed by atoms with E-state index in [2.05, 4.69) is 20.3 Å². The minimum Gasteiger partial charge on any atom is -0.467 e. The maximum atomic E-state index is 12.2. The molecule has 0 aliphatic heterocycles. The minimum absolute atomic E-state index is 0.203. The number of anilines is 1. The average Bonchev–Trinajstić information content (AvgIpc) is 3.05. The number of amides is 1. The lowest BCUT2D eigenvalue weighted by molar-refractivity contribution is 0.102. The molecular weight excluding hydrogens is 383 g/mol. The summed E-state index contributed by atoms with van der Waals surface area (Å²) in [6.45, 7) is 0. The van der Waals surface area contributed by atoms with Gasteiger partial charge in [0, 0.05) is 29.9 Å². The molecule has 1 N–H and O–H groups in total. The summed E-state index contributed by atoms with van der Waals surface area (Å²) < 4.78 is 4.86. The topological polar surface area (TPSA) is 77.0 Å². The first-order valence-electron chi connectivity index (χ1n) is 7.11. The second-order valence-corrected chi connectivity index (χ2v) is 6.90. The summed E-state index contributed by atoms with van der Waals surface area (Å²) in [5, 5.41) is 4.25. The van der Waals surface area contributed by atoms with Crippen molar-refractivity contribution in [3.63, 3.8) is 0 Å². The zero-order valence-corrected chi connectivity index (χ0v) is 15.3. The predicted molar refractivity (Wildman–Crippen MR) is 97.9 cm³/mol. The highest BCUT2D eigenvalue weighted by atomic mass is 35.5. The smallest absolute Gasteiger partial charge is 0.316 e. The maximum Gasteiger partial charge on any atom is 0.316 e. The molecule has 25 heavy (non-hydrogen) atoms. The van der Waals surface area contributed by atoms with Gasteiger partial charge in [0.1, 0.15) is 0 Å². The van der Waals surface area contributed by atoms with E-state index in [1.807, 2.05) is 12.1 Å². The Labute approximate surface area is 157 Å². The molecule has 0 radical (unpaired) electrons. The Hall–Kier alpha value is -2.22. The van der Waals surface area contributed by atoms with Crippen molar-refractivity contribution in [2.45, 2.75) is 6.42 Å². The second-order valence-electron chi connectivity index (χ2n) is 4.97. The molecule has 0 unspecified atom stereocenters. The first kappa shape index (κ1) is 17.6. The van der Waals surface area contributed by atoms with Gasteiger partial charge in [-0.25, -0.2) is 15.0 Å². The van der Waals surface area contributed by atoms with Crippen molar-refractivity contribution in [3.05, 3.63) is 62.8 Å². The summed E-state index contributed by atoms with van der Waals surface area (Å²) in [5.41, 5.74) is 1.33. The highest BCUT2D eigenvalue weighted by molar-refractivity contribution is 7.15. The second kappa shape index (κ2) is 7.77. The van der Waals surface area contributed by atoms with Crippen molar-refractivity contribution in [1.29, 1.82) is 0 Å². The van der Waals surface area contributed by atoms with E-state index in [4.69, 9.17) is 27.9 Å². The van der Waals surface area contributed by atoms with E-state index in [0.29, 0.717) is 27.2 Å². The van der Waals surface area contributed by atoms with Gasteiger partial charge in [-0.05, 0) is 17.7 Å². The Bertz CT molecular complexity index is 899. The zero-order valence-electron chi connectivity index (χ0n) is 13.0. The number of rotatable bonds is 5. The van der Waals surface area contributed by atoms with E-state index in [-0.39, 0.29) is 11.9 Å². The Balaban J connectivity index is 1.66. The van der Waals surface area contributed by atoms with E-state index < -0.39 is 0 Å². The largest absolute Gasteiger partial charge is 0.467 e. The molecule has 0 bridgehead atoms. The van der Waals surface area contributed by atoms with E-state index in [1.54, 1.807) is 12.3 Å². The molecule has 1 amide bonds. The average molecular weight is 395 g/mol. The fourth-order valence-corrected chi connectivity index (χ4v) is 3.17. The van der Waals surface area contributed by atoms with Crippen LogP contribution in [0.1, 0.15) is 20.8 Å². The van der Waals surface area contributed by atoms with Gasteiger partial charge in [0.05, 0.1) is 22.7 Å². The normalized spacial score (nSPS) is 10.5. The number of aromatic nitrogens is 3. The number of carbonyl (C=O) groups excluding carboxylic acids is 1. The Morgan fingerprint density at radius 2 is 1.92 bits per heavy atom. The van der Waals surface area contributed by atoms with Gasteiger partial charge in [-0.1, -0.05) is 29.3 Å². The highest BCUT2D eigenvalue weighted by Crippen LogP contribution is 2.26. The number of thiazole rings is 1. The Kier molecular flexibility index (Phi) is 5.47. The van der Waals surface area contributed by atoms with Gasteiger partial charge in [0.15, 0.2) is 5.13 Å². The SMILES string of the molecule is COc1ncc(C(=O)Nc2ncc(Cc3ccc(Cl)c(Cl)c3)s2)cn1. The number of hydrogen-bond acceptors (Lipinski definition) is 6. The molecule has 6 nitrogen and oxygen atoms in total. The van der Waals surface area contributed by atoms with Crippen LogP contribution in [0.15, 0.2) is 36.8 Å². The van der Waals surface area contributed by atoms with Gasteiger partial charge in [0.2, 0.25) is 0 Å². The van der Waals surface area contributed by atoms with Gasteiger partial charge < -0.3 is 4.74 Å². The molecule has 9 heteroatoms. The van der Waals surface area contributed by atoms with Crippen LogP contribution in [-0.2, 0) is 6.42 Å². The van der Waals surface area contributed by atoms with Gasteiger partial charge >= 0.3 is 6.01 Å². The molecular formula is C16H12Cl2N4O2S. The molecule has 3 aromatic rings. The third-order valence-electron chi connectivity index (χ3n) is 3.21. The number of carbonyl (C=O) groups is 1. The summed E-state index contributed by atoms with van der Waals surface area (Å²) in [6, 6.07) is 5.68. The van der Waals surface area contributed by atoms with E-state index in [1.165, 1.54) is 30.8 Å². The van der Waals surface area contributed by atoms with Crippen molar-refractivity contribution in [3.8, 4) is 6.01 Å². The molecule has 0 aliphatic carbocycles. The molecule has 3 rings (SSSR count). The van der Waals surface area contributed by atoms with Crippen LogP contribution in [0.3, 0.4) is 0 Å². The molecule has 0 saturated carbocycles. The van der Waals surface area contributed by atoms with Crippen LogP contribution in [0.2, 0.25) is 10.0 Å². The van der Waals surface area contributed by atoms with Crippen molar-refractivity contribution >= 4 is 45.6 Å². The van der Waals surface area contributed by atoms with E-state index in [9.17, 15) is 4.79 Å². The van der Waals surface area contributed by atoms with E-state index in [0.717, 1.165) is 10.4 Å². The first-order valence-corrected chi connectivity index (χ1v) is 8.68. The molecule has 1 aromatic carbocycles. The van der Waals surface area contributed by atoms with Crippen LogP contribution < -0.4 is 10.1 Å². The molecule has 2 aromatic heterocycles. The van der Waals surface area contributed by atoms with Crippen molar-refractivity contribution in [2.24, 2.45) is 0 Å². The first-order chi connectivity index (χ1) is 12.0. The lowest BCUT2D eigenvalue weighted by Crippen LogP contribution is -2.12. The lowest BCUT2D eigenvalue weighted by atomic mass is 10.1. The van der Waals surface area contributed by atoms with Crippen molar-refractivity contribution in [1.82, 2.24) is 15.0 Å². The van der Waals surface area contributed by atoms with Crippen LogP contribution in [0, 0.1) is 0 Å². The molecule has 0 spiro atoms. The van der Waals surface area contributed by atoms with Crippen LogP contribution in [-0.4, -0.2) is 28.0 Å². The molecule has 0 fully saturated rings. The highest BCUT2D eigenvalue weighted by Gasteiger charge is 2.11. The van der Waals surface area contributed by atoms with Gasteiger partial charge in [-0.15, -0.1) is 11.3 Å². The Morgan fingerprint density at radius 3 is 2.60 bits per heavy atom. The number of halogens is 2. The van der Waals surface area contributed by atoms with Gasteiger partial charge in [-0.3, -0.25) is 10.1 Å². The lowest BCUT2D eigenvalue weighted by Gasteiger charge is -2.02. The third kappa shape index (κ3) is 4.45. The number of benzene rings is 1. The molecule has 128 valence electrons. The number of methoxy groups -OCH3 is 1. The van der Waals surface area contributed by atoms with Crippen molar-refractivity contribution < 1.29 is 9.53 Å². The van der Waals surface area contributed by atoms with Gasteiger partial charge in [0.25, 0.3) is 5.91 Å². The van der Waals surface area contributed by atoms with Gasteiger partial charge in [-0.2, -0.15) is 0 Å².